The number of hydrogen-bond donors (Lipinski definition) is 0. The zero-order valence-corrected chi connectivity index (χ0v) is 16.3. The third-order valence-corrected chi connectivity index (χ3v) is 5.79. The molecule has 2 aromatic rings. The van der Waals surface area contributed by atoms with Gasteiger partial charge in [0.1, 0.15) is 5.75 Å². The Balaban J connectivity index is 1.53. The first-order valence-corrected chi connectivity index (χ1v) is 9.79. The van der Waals surface area contributed by atoms with Crippen LogP contribution in [0.2, 0.25) is 0 Å². The van der Waals surface area contributed by atoms with E-state index in [9.17, 15) is 24.5 Å². The normalized spacial score (nSPS) is 23.2. The minimum Gasteiger partial charge on any atom is -0.423 e. The number of fused-ring (bicyclic) bond motifs is 1. The van der Waals surface area contributed by atoms with E-state index in [2.05, 4.69) is 6.92 Å². The Morgan fingerprint density at radius 1 is 1.07 bits per heavy atom. The molecule has 0 aromatic heterocycles. The van der Waals surface area contributed by atoms with Crippen LogP contribution in [0.1, 0.15) is 36.5 Å². The minimum atomic E-state index is -0.691. The van der Waals surface area contributed by atoms with Gasteiger partial charge < -0.3 is 4.74 Å². The van der Waals surface area contributed by atoms with Gasteiger partial charge in [-0.3, -0.25) is 19.7 Å². The van der Waals surface area contributed by atoms with Crippen molar-refractivity contribution in [1.29, 1.82) is 0 Å². The average molecular weight is 408 g/mol. The van der Waals surface area contributed by atoms with E-state index in [1.807, 2.05) is 0 Å². The second-order valence-electron chi connectivity index (χ2n) is 7.83. The standard InChI is InChI=1S/C22H20N2O6/c1-13-5-10-18-19(11-13)21(26)23(20(18)25)16-3-2-4-17(12-16)30-22(27)14-6-8-15(9-7-14)24(28)29/h2-4,6-9,12-13,18-19H,5,10-11H2,1H3/t13-,18-,19+/m0/s1. The van der Waals surface area contributed by atoms with Crippen LogP contribution in [0, 0.1) is 27.9 Å². The summed E-state index contributed by atoms with van der Waals surface area (Å²) >= 11 is 0. The van der Waals surface area contributed by atoms with E-state index < -0.39 is 10.9 Å². The van der Waals surface area contributed by atoms with Gasteiger partial charge in [-0.1, -0.05) is 13.0 Å². The molecule has 2 aliphatic rings. The summed E-state index contributed by atoms with van der Waals surface area (Å²) in [5.74, 6) is -1.06. The highest BCUT2D eigenvalue weighted by Crippen LogP contribution is 2.42. The maximum Gasteiger partial charge on any atom is 0.343 e. The smallest absolute Gasteiger partial charge is 0.343 e. The van der Waals surface area contributed by atoms with Crippen LogP contribution in [-0.2, 0) is 9.59 Å². The Bertz CT molecular complexity index is 1030. The lowest BCUT2D eigenvalue weighted by Crippen LogP contribution is -2.30. The number of carbonyl (C=O) groups excluding carboxylic acids is 3. The summed E-state index contributed by atoms with van der Waals surface area (Å²) < 4.78 is 5.35. The van der Waals surface area contributed by atoms with E-state index in [0.29, 0.717) is 24.4 Å². The highest BCUT2D eigenvalue weighted by Gasteiger charge is 2.50. The van der Waals surface area contributed by atoms with Crippen molar-refractivity contribution in [2.75, 3.05) is 4.90 Å². The molecule has 1 aliphatic heterocycles. The molecule has 0 spiro atoms. The van der Waals surface area contributed by atoms with E-state index in [0.717, 1.165) is 6.42 Å². The van der Waals surface area contributed by atoms with Crippen LogP contribution in [-0.4, -0.2) is 22.7 Å². The summed E-state index contributed by atoms with van der Waals surface area (Å²) in [5, 5.41) is 10.7. The second-order valence-corrected chi connectivity index (χ2v) is 7.83. The molecule has 1 aliphatic carbocycles. The molecule has 0 bridgehead atoms. The van der Waals surface area contributed by atoms with Crippen molar-refractivity contribution in [3.8, 4) is 5.75 Å². The molecule has 4 rings (SSSR count). The van der Waals surface area contributed by atoms with E-state index >= 15 is 0 Å². The first-order chi connectivity index (χ1) is 14.3. The number of amides is 2. The van der Waals surface area contributed by atoms with Crippen LogP contribution in [0.15, 0.2) is 48.5 Å². The molecule has 2 amide bonds. The van der Waals surface area contributed by atoms with Gasteiger partial charge in [0.05, 0.1) is 28.0 Å². The van der Waals surface area contributed by atoms with Crippen LogP contribution in [0.3, 0.4) is 0 Å². The largest absolute Gasteiger partial charge is 0.423 e. The Morgan fingerprint density at radius 2 is 1.77 bits per heavy atom. The zero-order valence-electron chi connectivity index (χ0n) is 16.3. The number of carbonyl (C=O) groups is 3. The Kier molecular flexibility index (Phi) is 5.07. The third kappa shape index (κ3) is 3.56. The van der Waals surface area contributed by atoms with Gasteiger partial charge in [-0.25, -0.2) is 9.69 Å². The Morgan fingerprint density at radius 3 is 2.47 bits per heavy atom. The molecule has 2 aromatic carbocycles. The predicted octanol–water partition coefficient (Wildman–Crippen LogP) is 3.74. The Hall–Kier alpha value is -3.55. The summed E-state index contributed by atoms with van der Waals surface area (Å²) in [6.07, 6.45) is 2.35. The second kappa shape index (κ2) is 7.70. The van der Waals surface area contributed by atoms with Crippen molar-refractivity contribution in [3.63, 3.8) is 0 Å². The molecule has 3 atom stereocenters. The van der Waals surface area contributed by atoms with Crippen molar-refractivity contribution in [3.05, 3.63) is 64.2 Å². The number of esters is 1. The van der Waals surface area contributed by atoms with Gasteiger partial charge in [-0.2, -0.15) is 0 Å². The molecule has 1 saturated carbocycles. The molecule has 8 heteroatoms. The minimum absolute atomic E-state index is 0.129. The SMILES string of the molecule is C[C@H]1CC[C@@H]2C(=O)N(c3cccc(OC(=O)c4ccc([N+](=O)[O-])cc4)c3)C(=O)[C@@H]2C1. The third-order valence-electron chi connectivity index (χ3n) is 5.79. The highest BCUT2D eigenvalue weighted by atomic mass is 16.6. The van der Waals surface area contributed by atoms with E-state index in [1.54, 1.807) is 18.2 Å². The van der Waals surface area contributed by atoms with Gasteiger partial charge in [-0.05, 0) is 49.4 Å². The van der Waals surface area contributed by atoms with Crippen molar-refractivity contribution in [2.45, 2.75) is 26.2 Å². The first-order valence-electron chi connectivity index (χ1n) is 9.79. The van der Waals surface area contributed by atoms with E-state index in [1.165, 1.54) is 35.2 Å². The lowest BCUT2D eigenvalue weighted by atomic mass is 9.76. The summed E-state index contributed by atoms with van der Waals surface area (Å²) in [4.78, 5) is 49.5. The van der Waals surface area contributed by atoms with Crippen LogP contribution >= 0.6 is 0 Å². The maximum atomic E-state index is 12.9. The monoisotopic (exact) mass is 408 g/mol. The van der Waals surface area contributed by atoms with Crippen LogP contribution in [0.25, 0.3) is 0 Å². The lowest BCUT2D eigenvalue weighted by Gasteiger charge is -2.25. The van der Waals surface area contributed by atoms with E-state index in [4.69, 9.17) is 4.74 Å². The predicted molar refractivity (Wildman–Crippen MR) is 107 cm³/mol. The lowest BCUT2D eigenvalue weighted by molar-refractivity contribution is -0.384. The number of ether oxygens (including phenoxy) is 1. The molecule has 8 nitrogen and oxygen atoms in total. The van der Waals surface area contributed by atoms with Crippen LogP contribution in [0.5, 0.6) is 5.75 Å². The summed E-state index contributed by atoms with van der Waals surface area (Å²) in [7, 11) is 0. The molecular formula is C22H20N2O6. The number of rotatable bonds is 4. The molecule has 0 N–H and O–H groups in total. The quantitative estimate of drug-likeness (QED) is 0.251. The number of hydrogen-bond acceptors (Lipinski definition) is 6. The molecule has 1 saturated heterocycles. The summed E-state index contributed by atoms with van der Waals surface area (Å²) in [6, 6.07) is 11.3. The summed E-state index contributed by atoms with van der Waals surface area (Å²) in [5.41, 5.74) is 0.399. The maximum absolute atomic E-state index is 12.9. The van der Waals surface area contributed by atoms with Gasteiger partial charge in [-0.15, -0.1) is 0 Å². The van der Waals surface area contributed by atoms with Crippen molar-refractivity contribution < 1.29 is 24.0 Å². The molecule has 0 radical (unpaired) electrons. The van der Waals surface area contributed by atoms with Gasteiger partial charge in [0.15, 0.2) is 0 Å². The molecule has 154 valence electrons. The fourth-order valence-corrected chi connectivity index (χ4v) is 4.22. The number of benzene rings is 2. The van der Waals surface area contributed by atoms with E-state index in [-0.39, 0.29) is 40.7 Å². The number of nitro groups is 1. The van der Waals surface area contributed by atoms with Crippen molar-refractivity contribution in [2.24, 2.45) is 17.8 Å². The molecule has 2 fully saturated rings. The number of nitrogens with zero attached hydrogens (tertiary/aromatic N) is 2. The number of imide groups is 1. The molecule has 0 unspecified atom stereocenters. The first kappa shape index (κ1) is 19.8. The molecular weight excluding hydrogens is 388 g/mol. The fraction of sp³-hybridized carbons (Fsp3) is 0.318. The van der Waals surface area contributed by atoms with Crippen molar-refractivity contribution in [1.82, 2.24) is 0 Å². The zero-order chi connectivity index (χ0) is 21.4. The average Bonchev–Trinajstić information content (AvgIpc) is 2.98. The van der Waals surface area contributed by atoms with Gasteiger partial charge >= 0.3 is 5.97 Å². The number of nitro benzene ring substituents is 1. The van der Waals surface area contributed by atoms with Gasteiger partial charge in [0, 0.05) is 18.2 Å². The molecule has 30 heavy (non-hydrogen) atoms. The Labute approximate surface area is 172 Å². The molecule has 1 heterocycles. The summed E-state index contributed by atoms with van der Waals surface area (Å²) in [6.45, 7) is 2.09. The van der Waals surface area contributed by atoms with Crippen LogP contribution in [0.4, 0.5) is 11.4 Å². The number of anilines is 1. The topological polar surface area (TPSA) is 107 Å². The van der Waals surface area contributed by atoms with Crippen molar-refractivity contribution >= 4 is 29.2 Å². The number of non-ortho nitro benzene ring substituents is 1. The van der Waals surface area contributed by atoms with Gasteiger partial charge in [0.25, 0.3) is 5.69 Å². The van der Waals surface area contributed by atoms with Crippen LogP contribution < -0.4 is 9.64 Å². The van der Waals surface area contributed by atoms with Gasteiger partial charge in [0.2, 0.25) is 11.8 Å². The fourth-order valence-electron chi connectivity index (χ4n) is 4.22. The highest BCUT2D eigenvalue weighted by molar-refractivity contribution is 6.22.